The van der Waals surface area contributed by atoms with Gasteiger partial charge in [-0.1, -0.05) is 6.07 Å². The summed E-state index contributed by atoms with van der Waals surface area (Å²) in [5, 5.41) is 10.9. The molecule has 5 nitrogen and oxygen atoms in total. The highest BCUT2D eigenvalue weighted by Crippen LogP contribution is 2.30. The average Bonchev–Trinajstić information content (AvgIpc) is 2.90. The van der Waals surface area contributed by atoms with Gasteiger partial charge >= 0.3 is 0 Å². The minimum absolute atomic E-state index is 0.223. The van der Waals surface area contributed by atoms with Crippen LogP contribution >= 0.6 is 0 Å². The fourth-order valence-corrected chi connectivity index (χ4v) is 3.72. The zero-order valence-corrected chi connectivity index (χ0v) is 12.8. The van der Waals surface area contributed by atoms with Crippen LogP contribution in [0, 0.1) is 10.1 Å². The second kappa shape index (κ2) is 5.73. The third-order valence-corrected chi connectivity index (χ3v) is 5.06. The molecule has 1 aliphatic heterocycles. The Morgan fingerprint density at radius 3 is 2.48 bits per heavy atom. The monoisotopic (exact) mass is 289 g/mol. The second-order valence-corrected chi connectivity index (χ2v) is 6.50. The van der Waals surface area contributed by atoms with Crippen LogP contribution in [0.25, 0.3) is 0 Å². The van der Waals surface area contributed by atoms with Crippen molar-refractivity contribution >= 4 is 5.69 Å². The SMILES string of the molecule is CN(C)C1CCN(C2Cc3ccc([N+](=O)[O-])cc3C2)CC1. The van der Waals surface area contributed by atoms with Crippen molar-refractivity contribution in [1.29, 1.82) is 0 Å². The van der Waals surface area contributed by atoms with E-state index in [-0.39, 0.29) is 10.6 Å². The Morgan fingerprint density at radius 2 is 1.86 bits per heavy atom. The zero-order valence-electron chi connectivity index (χ0n) is 12.8. The lowest BCUT2D eigenvalue weighted by atomic mass is 10.0. The molecule has 1 heterocycles. The molecular weight excluding hydrogens is 266 g/mol. The highest BCUT2D eigenvalue weighted by atomic mass is 16.6. The lowest BCUT2D eigenvalue weighted by molar-refractivity contribution is -0.384. The summed E-state index contributed by atoms with van der Waals surface area (Å²) in [5.74, 6) is 0. The largest absolute Gasteiger partial charge is 0.306 e. The average molecular weight is 289 g/mol. The van der Waals surface area contributed by atoms with Crippen molar-refractivity contribution in [2.45, 2.75) is 37.8 Å². The molecule has 3 rings (SSSR count). The Bertz CT molecular complexity index is 536. The normalized spacial score (nSPS) is 23.5. The maximum Gasteiger partial charge on any atom is 0.269 e. The molecule has 1 saturated heterocycles. The predicted molar refractivity (Wildman–Crippen MR) is 82.6 cm³/mol. The third-order valence-electron chi connectivity index (χ3n) is 5.06. The van der Waals surface area contributed by atoms with Gasteiger partial charge in [-0.3, -0.25) is 15.0 Å². The number of benzene rings is 1. The number of nitro benzene ring substituents is 1. The molecule has 0 radical (unpaired) electrons. The minimum Gasteiger partial charge on any atom is -0.306 e. The van der Waals surface area contributed by atoms with Crippen molar-refractivity contribution in [2.24, 2.45) is 0 Å². The Labute approximate surface area is 125 Å². The van der Waals surface area contributed by atoms with Crippen molar-refractivity contribution in [3.8, 4) is 0 Å². The molecule has 2 aliphatic rings. The smallest absolute Gasteiger partial charge is 0.269 e. The van der Waals surface area contributed by atoms with Gasteiger partial charge in [-0.05, 0) is 64.0 Å². The summed E-state index contributed by atoms with van der Waals surface area (Å²) in [6.07, 6.45) is 4.45. The highest BCUT2D eigenvalue weighted by Gasteiger charge is 2.31. The van der Waals surface area contributed by atoms with Crippen LogP contribution in [0.4, 0.5) is 5.69 Å². The molecule has 0 amide bonds. The molecule has 1 aromatic rings. The third kappa shape index (κ3) is 2.94. The summed E-state index contributed by atoms with van der Waals surface area (Å²) in [7, 11) is 4.32. The molecule has 0 spiro atoms. The summed E-state index contributed by atoms with van der Waals surface area (Å²) in [6, 6.07) is 6.58. The molecule has 0 bridgehead atoms. The first-order valence-corrected chi connectivity index (χ1v) is 7.71. The fraction of sp³-hybridized carbons (Fsp3) is 0.625. The van der Waals surface area contributed by atoms with Crippen LogP contribution in [-0.4, -0.2) is 54.0 Å². The van der Waals surface area contributed by atoms with Crippen LogP contribution in [-0.2, 0) is 12.8 Å². The molecule has 114 valence electrons. The Kier molecular flexibility index (Phi) is 3.95. The second-order valence-electron chi connectivity index (χ2n) is 6.50. The maximum absolute atomic E-state index is 10.9. The van der Waals surface area contributed by atoms with E-state index in [2.05, 4.69) is 23.9 Å². The first kappa shape index (κ1) is 14.5. The number of hydrogen-bond acceptors (Lipinski definition) is 4. The molecule has 0 saturated carbocycles. The van der Waals surface area contributed by atoms with Crippen LogP contribution in [0.5, 0.6) is 0 Å². The molecule has 1 aliphatic carbocycles. The van der Waals surface area contributed by atoms with Crippen molar-refractivity contribution in [3.05, 3.63) is 39.4 Å². The number of hydrogen-bond donors (Lipinski definition) is 0. The first-order valence-electron chi connectivity index (χ1n) is 7.71. The molecule has 1 aromatic carbocycles. The van der Waals surface area contributed by atoms with E-state index in [9.17, 15) is 10.1 Å². The van der Waals surface area contributed by atoms with Crippen molar-refractivity contribution in [2.75, 3.05) is 27.2 Å². The Morgan fingerprint density at radius 1 is 1.19 bits per heavy atom. The van der Waals surface area contributed by atoms with Gasteiger partial charge in [0.1, 0.15) is 0 Å². The lowest BCUT2D eigenvalue weighted by Gasteiger charge is -2.38. The van der Waals surface area contributed by atoms with Gasteiger partial charge in [-0.25, -0.2) is 0 Å². The Hall–Kier alpha value is -1.46. The van der Waals surface area contributed by atoms with Gasteiger partial charge < -0.3 is 4.90 Å². The molecule has 0 N–H and O–H groups in total. The quantitative estimate of drug-likeness (QED) is 0.631. The van der Waals surface area contributed by atoms with E-state index in [1.54, 1.807) is 12.1 Å². The van der Waals surface area contributed by atoms with Crippen LogP contribution in [0.1, 0.15) is 24.0 Å². The van der Waals surface area contributed by atoms with E-state index >= 15 is 0 Å². The van der Waals surface area contributed by atoms with Gasteiger partial charge in [0.05, 0.1) is 4.92 Å². The topological polar surface area (TPSA) is 49.6 Å². The van der Waals surface area contributed by atoms with E-state index in [0.717, 1.165) is 25.9 Å². The summed E-state index contributed by atoms with van der Waals surface area (Å²) >= 11 is 0. The number of nitro groups is 1. The first-order chi connectivity index (χ1) is 10.0. The van der Waals surface area contributed by atoms with Crippen LogP contribution in [0.3, 0.4) is 0 Å². The summed E-state index contributed by atoms with van der Waals surface area (Å²) < 4.78 is 0. The zero-order chi connectivity index (χ0) is 15.0. The van der Waals surface area contributed by atoms with Crippen molar-refractivity contribution in [3.63, 3.8) is 0 Å². The van der Waals surface area contributed by atoms with Crippen molar-refractivity contribution in [1.82, 2.24) is 9.80 Å². The van der Waals surface area contributed by atoms with Gasteiger partial charge in [-0.2, -0.15) is 0 Å². The van der Waals surface area contributed by atoms with E-state index in [4.69, 9.17) is 0 Å². The standard InChI is InChI=1S/C16H23N3O2/c1-17(2)14-5-7-18(8-6-14)16-9-12-3-4-15(19(20)21)10-13(12)11-16/h3-4,10,14,16H,5-9,11H2,1-2H3. The van der Waals surface area contributed by atoms with E-state index in [1.807, 2.05) is 6.07 Å². The summed E-state index contributed by atoms with van der Waals surface area (Å²) in [5.41, 5.74) is 2.69. The maximum atomic E-state index is 10.9. The molecule has 1 unspecified atom stereocenters. The van der Waals surface area contributed by atoms with Crippen LogP contribution in [0.2, 0.25) is 0 Å². The predicted octanol–water partition coefficient (Wildman–Crippen LogP) is 2.09. The van der Waals surface area contributed by atoms with E-state index in [1.165, 1.54) is 24.0 Å². The summed E-state index contributed by atoms with van der Waals surface area (Å²) in [4.78, 5) is 15.5. The van der Waals surface area contributed by atoms with Gasteiger partial charge in [0, 0.05) is 24.2 Å². The molecule has 21 heavy (non-hydrogen) atoms. The molecule has 5 heteroatoms. The van der Waals surface area contributed by atoms with Crippen LogP contribution < -0.4 is 0 Å². The van der Waals surface area contributed by atoms with Gasteiger partial charge in [0.15, 0.2) is 0 Å². The fourth-order valence-electron chi connectivity index (χ4n) is 3.72. The number of rotatable bonds is 3. The Balaban J connectivity index is 1.64. The number of non-ortho nitro benzene ring substituents is 1. The molecular formula is C16H23N3O2. The number of likely N-dealkylation sites (tertiary alicyclic amines) is 1. The molecule has 0 aromatic heterocycles. The molecule has 1 fully saturated rings. The van der Waals surface area contributed by atoms with Crippen molar-refractivity contribution < 1.29 is 4.92 Å². The highest BCUT2D eigenvalue weighted by molar-refractivity contribution is 5.43. The molecule has 1 atom stereocenters. The van der Waals surface area contributed by atoms with Crippen LogP contribution in [0.15, 0.2) is 18.2 Å². The van der Waals surface area contributed by atoms with Gasteiger partial charge in [-0.15, -0.1) is 0 Å². The summed E-state index contributed by atoms with van der Waals surface area (Å²) in [6.45, 7) is 2.28. The van der Waals surface area contributed by atoms with E-state index in [0.29, 0.717) is 12.1 Å². The number of fused-ring (bicyclic) bond motifs is 1. The lowest BCUT2D eigenvalue weighted by Crippen LogP contribution is -2.46. The number of nitrogens with zero attached hydrogens (tertiary/aromatic N) is 3. The van der Waals surface area contributed by atoms with Gasteiger partial charge in [0.25, 0.3) is 5.69 Å². The number of piperidine rings is 1. The minimum atomic E-state index is -0.295. The van der Waals surface area contributed by atoms with Gasteiger partial charge in [0.2, 0.25) is 0 Å². The van der Waals surface area contributed by atoms with E-state index < -0.39 is 0 Å².